The summed E-state index contributed by atoms with van der Waals surface area (Å²) in [6, 6.07) is 0.107. The van der Waals surface area contributed by atoms with E-state index in [1.54, 1.807) is 6.92 Å². The fourth-order valence-electron chi connectivity index (χ4n) is 2.79. The van der Waals surface area contributed by atoms with Crippen molar-refractivity contribution in [3.63, 3.8) is 0 Å². The van der Waals surface area contributed by atoms with Crippen LogP contribution in [0.2, 0.25) is 0 Å². The van der Waals surface area contributed by atoms with Gasteiger partial charge in [0.05, 0.1) is 25.7 Å². The number of carbonyl (C=O) groups excluding carboxylic acids is 2. The van der Waals surface area contributed by atoms with Crippen molar-refractivity contribution in [2.24, 2.45) is 11.7 Å². The number of nitrogens with one attached hydrogen (secondary N) is 1. The number of carbonyl (C=O) groups is 2. The second-order valence-electron chi connectivity index (χ2n) is 5.85. The van der Waals surface area contributed by atoms with E-state index in [4.69, 9.17) is 10.5 Å². The molecule has 1 rings (SSSR count). The molecule has 21 heavy (non-hydrogen) atoms. The summed E-state index contributed by atoms with van der Waals surface area (Å²) in [7, 11) is 2.86. The summed E-state index contributed by atoms with van der Waals surface area (Å²) in [5.41, 5.74) is 5.22. The van der Waals surface area contributed by atoms with Crippen molar-refractivity contribution in [3.05, 3.63) is 0 Å². The summed E-state index contributed by atoms with van der Waals surface area (Å²) >= 11 is 0. The Bertz CT molecular complexity index is 354. The molecule has 1 aliphatic carbocycles. The fourth-order valence-corrected chi connectivity index (χ4v) is 2.79. The van der Waals surface area contributed by atoms with E-state index in [1.165, 1.54) is 14.2 Å². The van der Waals surface area contributed by atoms with Crippen molar-refractivity contribution in [2.75, 3.05) is 20.8 Å². The van der Waals surface area contributed by atoms with Gasteiger partial charge < -0.3 is 20.5 Å². The third kappa shape index (κ3) is 6.63. The highest BCUT2D eigenvalue weighted by atomic mass is 35.5. The highest BCUT2D eigenvalue weighted by molar-refractivity contribution is 5.85. The third-order valence-electron chi connectivity index (χ3n) is 3.83. The van der Waals surface area contributed by atoms with Gasteiger partial charge in [0.25, 0.3) is 0 Å². The molecule has 0 radical (unpaired) electrons. The molecule has 3 atom stereocenters. The first-order chi connectivity index (χ1) is 9.40. The van der Waals surface area contributed by atoms with Gasteiger partial charge in [-0.15, -0.1) is 12.4 Å². The van der Waals surface area contributed by atoms with Gasteiger partial charge >= 0.3 is 5.97 Å². The molecule has 1 unspecified atom stereocenters. The number of ether oxygens (including phenoxy) is 2. The predicted octanol–water partition coefficient (Wildman–Crippen LogP) is 1.01. The SMILES string of the molecule is COCC(C)(CC(=O)OC)NC(=O)C[C@@H]1CCC[C@H]1N.Cl. The summed E-state index contributed by atoms with van der Waals surface area (Å²) in [6.07, 6.45) is 3.54. The van der Waals surface area contributed by atoms with Gasteiger partial charge in [0.2, 0.25) is 5.91 Å². The van der Waals surface area contributed by atoms with Crippen molar-refractivity contribution < 1.29 is 19.1 Å². The topological polar surface area (TPSA) is 90.6 Å². The van der Waals surface area contributed by atoms with Gasteiger partial charge in [0.1, 0.15) is 0 Å². The molecule has 6 nitrogen and oxygen atoms in total. The van der Waals surface area contributed by atoms with Crippen LogP contribution in [0.15, 0.2) is 0 Å². The second-order valence-corrected chi connectivity index (χ2v) is 5.85. The summed E-state index contributed by atoms with van der Waals surface area (Å²) in [5, 5.41) is 2.89. The molecular formula is C14H27ClN2O4. The molecule has 0 bridgehead atoms. The van der Waals surface area contributed by atoms with Gasteiger partial charge in [-0.2, -0.15) is 0 Å². The Labute approximate surface area is 132 Å². The number of hydrogen-bond donors (Lipinski definition) is 2. The minimum Gasteiger partial charge on any atom is -0.469 e. The number of nitrogens with two attached hydrogens (primary N) is 1. The van der Waals surface area contributed by atoms with Crippen molar-refractivity contribution in [2.45, 2.75) is 50.6 Å². The fraction of sp³-hybridized carbons (Fsp3) is 0.857. The summed E-state index contributed by atoms with van der Waals surface area (Å²) < 4.78 is 9.76. The number of amides is 1. The average molecular weight is 323 g/mol. The van der Waals surface area contributed by atoms with E-state index in [0.29, 0.717) is 6.42 Å². The normalized spacial score (nSPS) is 23.8. The minimum atomic E-state index is -0.748. The van der Waals surface area contributed by atoms with E-state index >= 15 is 0 Å². The molecule has 0 aromatic heterocycles. The zero-order chi connectivity index (χ0) is 15.2. The lowest BCUT2D eigenvalue weighted by Crippen LogP contribution is -2.51. The van der Waals surface area contributed by atoms with Crippen LogP contribution in [0.3, 0.4) is 0 Å². The van der Waals surface area contributed by atoms with Crippen LogP contribution in [-0.2, 0) is 19.1 Å². The zero-order valence-corrected chi connectivity index (χ0v) is 13.8. The first-order valence-electron chi connectivity index (χ1n) is 7.02. The largest absolute Gasteiger partial charge is 0.469 e. The van der Waals surface area contributed by atoms with E-state index < -0.39 is 5.54 Å². The lowest BCUT2D eigenvalue weighted by Gasteiger charge is -2.29. The lowest BCUT2D eigenvalue weighted by atomic mass is 9.96. The molecule has 0 aromatic carbocycles. The number of rotatable bonds is 7. The Hall–Kier alpha value is -0.850. The quantitative estimate of drug-likeness (QED) is 0.683. The van der Waals surface area contributed by atoms with Crippen LogP contribution < -0.4 is 11.1 Å². The van der Waals surface area contributed by atoms with E-state index in [-0.39, 0.29) is 49.3 Å². The van der Waals surface area contributed by atoms with Crippen LogP contribution in [0, 0.1) is 5.92 Å². The Morgan fingerprint density at radius 3 is 2.48 bits per heavy atom. The van der Waals surface area contributed by atoms with Gasteiger partial charge in [-0.25, -0.2) is 0 Å². The first kappa shape index (κ1) is 20.1. The Balaban J connectivity index is 0.00000400. The van der Waals surface area contributed by atoms with Gasteiger partial charge in [0.15, 0.2) is 0 Å². The van der Waals surface area contributed by atoms with Crippen molar-refractivity contribution in [3.8, 4) is 0 Å². The highest BCUT2D eigenvalue weighted by Crippen LogP contribution is 2.27. The van der Waals surface area contributed by atoms with Crippen molar-refractivity contribution >= 4 is 24.3 Å². The molecule has 1 aliphatic rings. The molecular weight excluding hydrogens is 296 g/mol. The molecule has 1 amide bonds. The highest BCUT2D eigenvalue weighted by Gasteiger charge is 2.32. The van der Waals surface area contributed by atoms with Gasteiger partial charge in [-0.1, -0.05) is 6.42 Å². The average Bonchev–Trinajstić information content (AvgIpc) is 2.74. The maximum atomic E-state index is 12.1. The van der Waals surface area contributed by atoms with Crippen molar-refractivity contribution in [1.29, 1.82) is 0 Å². The third-order valence-corrected chi connectivity index (χ3v) is 3.83. The smallest absolute Gasteiger partial charge is 0.307 e. The van der Waals surface area contributed by atoms with Crippen LogP contribution >= 0.6 is 12.4 Å². The van der Waals surface area contributed by atoms with Gasteiger partial charge in [-0.3, -0.25) is 9.59 Å². The summed E-state index contributed by atoms with van der Waals surface area (Å²) in [5.74, 6) is -0.224. The van der Waals surface area contributed by atoms with Crippen molar-refractivity contribution in [1.82, 2.24) is 5.32 Å². The molecule has 0 aliphatic heterocycles. The van der Waals surface area contributed by atoms with E-state index in [0.717, 1.165) is 19.3 Å². The Kier molecular flexibility index (Phi) is 8.85. The molecule has 7 heteroatoms. The minimum absolute atomic E-state index is 0. The molecule has 0 saturated heterocycles. The lowest BCUT2D eigenvalue weighted by molar-refractivity contribution is -0.143. The van der Waals surface area contributed by atoms with Crippen LogP contribution in [0.1, 0.15) is 39.0 Å². The first-order valence-corrected chi connectivity index (χ1v) is 7.02. The van der Waals surface area contributed by atoms with Gasteiger partial charge in [-0.05, 0) is 25.7 Å². The van der Waals surface area contributed by atoms with E-state index in [9.17, 15) is 9.59 Å². The maximum absolute atomic E-state index is 12.1. The number of esters is 1. The zero-order valence-electron chi connectivity index (χ0n) is 13.0. The van der Waals surface area contributed by atoms with Crippen LogP contribution in [0.5, 0.6) is 0 Å². The molecule has 1 saturated carbocycles. The Morgan fingerprint density at radius 1 is 1.33 bits per heavy atom. The summed E-state index contributed by atoms with van der Waals surface area (Å²) in [6.45, 7) is 2.03. The Morgan fingerprint density at radius 2 is 2.00 bits per heavy atom. The number of methoxy groups -OCH3 is 2. The molecule has 3 N–H and O–H groups in total. The number of halogens is 1. The monoisotopic (exact) mass is 322 g/mol. The van der Waals surface area contributed by atoms with Crippen LogP contribution in [0.4, 0.5) is 0 Å². The van der Waals surface area contributed by atoms with Gasteiger partial charge in [0, 0.05) is 19.6 Å². The van der Waals surface area contributed by atoms with E-state index in [2.05, 4.69) is 10.1 Å². The molecule has 124 valence electrons. The van der Waals surface area contributed by atoms with Crippen LogP contribution in [-0.4, -0.2) is 44.3 Å². The number of hydrogen-bond acceptors (Lipinski definition) is 5. The standard InChI is InChI=1S/C14H26N2O4.ClH/c1-14(9-19-2,8-13(18)20-3)16-12(17)7-10-5-4-6-11(10)15;/h10-11H,4-9,15H2,1-3H3,(H,16,17);1H/t10-,11+,14?;/m0./s1. The molecule has 0 heterocycles. The molecule has 0 aromatic rings. The van der Waals surface area contributed by atoms with Crippen LogP contribution in [0.25, 0.3) is 0 Å². The van der Waals surface area contributed by atoms with E-state index in [1.807, 2.05) is 0 Å². The maximum Gasteiger partial charge on any atom is 0.307 e. The molecule has 1 fully saturated rings. The second kappa shape index (κ2) is 9.23. The summed E-state index contributed by atoms with van der Waals surface area (Å²) in [4.78, 5) is 23.6. The molecule has 0 spiro atoms. The predicted molar refractivity (Wildman–Crippen MR) is 82.2 cm³/mol.